The van der Waals surface area contributed by atoms with Crippen molar-refractivity contribution in [2.45, 2.75) is 50.4 Å². The molecule has 1 aliphatic rings. The van der Waals surface area contributed by atoms with E-state index in [1.54, 1.807) is 7.11 Å². The number of thioether (sulfide) groups is 1. The number of carbonyl (C=O) groups is 1. The van der Waals surface area contributed by atoms with Gasteiger partial charge in [0.15, 0.2) is 11.0 Å². The minimum Gasteiger partial charge on any atom is -0.495 e. The lowest BCUT2D eigenvalue weighted by Crippen LogP contribution is -2.15. The van der Waals surface area contributed by atoms with E-state index in [1.807, 2.05) is 60.0 Å². The van der Waals surface area contributed by atoms with Crippen molar-refractivity contribution in [1.82, 2.24) is 14.8 Å². The molecule has 1 heterocycles. The Balaban J connectivity index is 1.39. The van der Waals surface area contributed by atoms with Gasteiger partial charge in [0.1, 0.15) is 11.5 Å². The molecule has 1 fully saturated rings. The van der Waals surface area contributed by atoms with E-state index < -0.39 is 0 Å². The van der Waals surface area contributed by atoms with Crippen LogP contribution in [0.1, 0.15) is 32.6 Å². The average molecular weight is 453 g/mol. The number of para-hydroxylation sites is 2. The molecule has 1 amide bonds. The molecule has 1 aromatic heterocycles. The summed E-state index contributed by atoms with van der Waals surface area (Å²) in [5, 5.41) is 12.3. The highest BCUT2D eigenvalue weighted by Crippen LogP contribution is 2.29. The van der Waals surface area contributed by atoms with Crippen molar-refractivity contribution in [2.24, 2.45) is 0 Å². The molecule has 0 spiro atoms. The molecule has 0 atom stereocenters. The maximum atomic E-state index is 12.5. The molecule has 0 unspecified atom stereocenters. The van der Waals surface area contributed by atoms with Gasteiger partial charge < -0.3 is 19.4 Å². The summed E-state index contributed by atoms with van der Waals surface area (Å²) in [7, 11) is 1.58. The van der Waals surface area contributed by atoms with Crippen LogP contribution in [-0.2, 0) is 11.3 Å². The number of aromatic nitrogens is 3. The first-order chi connectivity index (χ1) is 15.7. The number of hydrogen-bond acceptors (Lipinski definition) is 6. The van der Waals surface area contributed by atoms with Crippen LogP contribution in [0.15, 0.2) is 53.7 Å². The fourth-order valence-corrected chi connectivity index (χ4v) is 4.64. The highest BCUT2D eigenvalue weighted by Gasteiger charge is 2.18. The number of rotatable bonds is 9. The zero-order chi connectivity index (χ0) is 22.3. The van der Waals surface area contributed by atoms with E-state index in [2.05, 4.69) is 15.5 Å². The monoisotopic (exact) mass is 452 g/mol. The van der Waals surface area contributed by atoms with Crippen LogP contribution in [0.4, 0.5) is 5.69 Å². The maximum absolute atomic E-state index is 12.5. The second-order valence-corrected chi connectivity index (χ2v) is 8.58. The Morgan fingerprint density at radius 3 is 2.59 bits per heavy atom. The van der Waals surface area contributed by atoms with Crippen molar-refractivity contribution in [2.75, 3.05) is 18.2 Å². The molecule has 0 bridgehead atoms. The van der Waals surface area contributed by atoms with Crippen LogP contribution >= 0.6 is 11.8 Å². The Morgan fingerprint density at radius 1 is 1.12 bits per heavy atom. The van der Waals surface area contributed by atoms with E-state index in [1.165, 1.54) is 24.6 Å². The van der Waals surface area contributed by atoms with Crippen molar-refractivity contribution in [1.29, 1.82) is 0 Å². The summed E-state index contributed by atoms with van der Waals surface area (Å²) >= 11 is 1.36. The van der Waals surface area contributed by atoms with Crippen LogP contribution in [0.25, 0.3) is 11.4 Å². The molecule has 1 aliphatic carbocycles. The fourth-order valence-electron chi connectivity index (χ4n) is 3.84. The number of nitrogens with one attached hydrogen (secondary N) is 1. The molecule has 0 aliphatic heterocycles. The largest absolute Gasteiger partial charge is 0.495 e. The lowest BCUT2D eigenvalue weighted by molar-refractivity contribution is -0.113. The SMILES string of the molecule is CCn1c(SCC(=O)Nc2ccccc2OC)nnc1-c1ccc(OC2CCCC2)cc1. The minimum absolute atomic E-state index is 0.125. The number of hydrogen-bond donors (Lipinski definition) is 1. The molecule has 2 aromatic carbocycles. The molecule has 168 valence electrons. The fraction of sp³-hybridized carbons (Fsp3) is 0.375. The second kappa shape index (κ2) is 10.5. The lowest BCUT2D eigenvalue weighted by atomic mass is 10.2. The first-order valence-corrected chi connectivity index (χ1v) is 11.9. The van der Waals surface area contributed by atoms with Gasteiger partial charge in [0.05, 0.1) is 24.7 Å². The molecular formula is C24H28N4O3S. The summed E-state index contributed by atoms with van der Waals surface area (Å²) in [6.45, 7) is 2.75. The molecule has 1 N–H and O–H groups in total. The first kappa shape index (κ1) is 22.2. The number of carbonyl (C=O) groups excluding carboxylic acids is 1. The van der Waals surface area contributed by atoms with Gasteiger partial charge in [-0.2, -0.15) is 0 Å². The smallest absolute Gasteiger partial charge is 0.234 e. The van der Waals surface area contributed by atoms with Crippen LogP contribution in [-0.4, -0.2) is 39.6 Å². The van der Waals surface area contributed by atoms with E-state index in [0.717, 1.165) is 30.0 Å². The van der Waals surface area contributed by atoms with E-state index in [-0.39, 0.29) is 11.7 Å². The normalized spacial score (nSPS) is 13.8. The van der Waals surface area contributed by atoms with Gasteiger partial charge in [-0.05, 0) is 69.0 Å². The highest BCUT2D eigenvalue weighted by molar-refractivity contribution is 7.99. The number of nitrogens with zero attached hydrogens (tertiary/aromatic N) is 3. The van der Waals surface area contributed by atoms with Crippen molar-refractivity contribution in [3.05, 3.63) is 48.5 Å². The zero-order valence-electron chi connectivity index (χ0n) is 18.4. The Hall–Kier alpha value is -3.00. The number of methoxy groups -OCH3 is 1. The van der Waals surface area contributed by atoms with Gasteiger partial charge in [0, 0.05) is 12.1 Å². The summed E-state index contributed by atoms with van der Waals surface area (Å²) in [5.74, 6) is 2.41. The predicted octanol–water partition coefficient (Wildman–Crippen LogP) is 5.03. The maximum Gasteiger partial charge on any atom is 0.234 e. The van der Waals surface area contributed by atoms with Crippen LogP contribution in [0.3, 0.4) is 0 Å². The summed E-state index contributed by atoms with van der Waals surface area (Å²) in [4.78, 5) is 12.5. The second-order valence-electron chi connectivity index (χ2n) is 7.64. The summed E-state index contributed by atoms with van der Waals surface area (Å²) < 4.78 is 13.4. The number of ether oxygens (including phenoxy) is 2. The average Bonchev–Trinajstić information content (AvgIpc) is 3.48. The Morgan fingerprint density at radius 2 is 1.88 bits per heavy atom. The third-order valence-electron chi connectivity index (χ3n) is 5.46. The third kappa shape index (κ3) is 5.24. The molecular weight excluding hydrogens is 424 g/mol. The molecule has 7 nitrogen and oxygen atoms in total. The van der Waals surface area contributed by atoms with Crippen LogP contribution in [0.2, 0.25) is 0 Å². The quantitative estimate of drug-likeness (QED) is 0.459. The van der Waals surface area contributed by atoms with E-state index >= 15 is 0 Å². The van der Waals surface area contributed by atoms with E-state index in [0.29, 0.717) is 29.2 Å². The number of benzene rings is 2. The van der Waals surface area contributed by atoms with E-state index in [9.17, 15) is 4.79 Å². The summed E-state index contributed by atoms with van der Waals surface area (Å²) in [5.41, 5.74) is 1.63. The van der Waals surface area contributed by atoms with Gasteiger partial charge >= 0.3 is 0 Å². The Kier molecular flexibility index (Phi) is 7.32. The molecule has 1 saturated carbocycles. The molecule has 8 heteroatoms. The zero-order valence-corrected chi connectivity index (χ0v) is 19.2. The van der Waals surface area contributed by atoms with Gasteiger partial charge in [0.2, 0.25) is 5.91 Å². The standard InChI is InChI=1S/C24H28N4O3S/c1-3-28-23(17-12-14-19(15-13-17)31-18-8-4-5-9-18)26-27-24(28)32-16-22(29)25-20-10-6-7-11-21(20)30-2/h6-7,10-15,18H,3-5,8-9,16H2,1-2H3,(H,25,29). The third-order valence-corrected chi connectivity index (χ3v) is 6.43. The molecule has 3 aromatic rings. The number of anilines is 1. The van der Waals surface area contributed by atoms with Crippen LogP contribution in [0.5, 0.6) is 11.5 Å². The van der Waals surface area contributed by atoms with Crippen LogP contribution < -0.4 is 14.8 Å². The van der Waals surface area contributed by atoms with E-state index in [4.69, 9.17) is 9.47 Å². The molecule has 4 rings (SSSR count). The molecule has 0 saturated heterocycles. The Labute approximate surface area is 192 Å². The summed E-state index contributed by atoms with van der Waals surface area (Å²) in [6.07, 6.45) is 5.11. The first-order valence-electron chi connectivity index (χ1n) is 10.9. The highest BCUT2D eigenvalue weighted by atomic mass is 32.2. The van der Waals surface area contributed by atoms with Crippen molar-refractivity contribution >= 4 is 23.4 Å². The van der Waals surface area contributed by atoms with Gasteiger partial charge in [-0.25, -0.2) is 0 Å². The van der Waals surface area contributed by atoms with Gasteiger partial charge in [-0.1, -0.05) is 23.9 Å². The van der Waals surface area contributed by atoms with Crippen molar-refractivity contribution in [3.8, 4) is 22.9 Å². The number of amides is 1. The van der Waals surface area contributed by atoms with Crippen LogP contribution in [0, 0.1) is 0 Å². The van der Waals surface area contributed by atoms with Gasteiger partial charge in [-0.3, -0.25) is 4.79 Å². The Bertz CT molecular complexity index is 1050. The molecule has 32 heavy (non-hydrogen) atoms. The molecule has 0 radical (unpaired) electrons. The predicted molar refractivity (Wildman–Crippen MR) is 126 cm³/mol. The van der Waals surface area contributed by atoms with Crippen molar-refractivity contribution < 1.29 is 14.3 Å². The van der Waals surface area contributed by atoms with Gasteiger partial charge in [-0.15, -0.1) is 10.2 Å². The summed E-state index contributed by atoms with van der Waals surface area (Å²) in [6, 6.07) is 15.4. The topological polar surface area (TPSA) is 78.3 Å². The van der Waals surface area contributed by atoms with Gasteiger partial charge in [0.25, 0.3) is 0 Å². The lowest BCUT2D eigenvalue weighted by Gasteiger charge is -2.13. The minimum atomic E-state index is -0.125. The van der Waals surface area contributed by atoms with Crippen molar-refractivity contribution in [3.63, 3.8) is 0 Å².